The summed E-state index contributed by atoms with van der Waals surface area (Å²) >= 11 is 0. The first-order valence-electron chi connectivity index (χ1n) is 6.10. The van der Waals surface area contributed by atoms with Crippen molar-refractivity contribution in [2.45, 2.75) is 50.1 Å². The fourth-order valence-electron chi connectivity index (χ4n) is 1.26. The summed E-state index contributed by atoms with van der Waals surface area (Å²) in [7, 11) is 0. The summed E-state index contributed by atoms with van der Waals surface area (Å²) in [6, 6.07) is 0. The molecule has 2 nitrogen and oxygen atoms in total. The maximum atomic E-state index is 13.5. The Balaban J connectivity index is 5.78. The summed E-state index contributed by atoms with van der Waals surface area (Å²) in [5.74, 6) is -28.0. The first-order chi connectivity index (χ1) is 10.1. The Bertz CT molecular complexity index is 457. The summed E-state index contributed by atoms with van der Waals surface area (Å²) in [6.07, 6.45) is -3.78. The Labute approximate surface area is 125 Å². The highest BCUT2D eigenvalue weighted by atomic mass is 19.4. The van der Waals surface area contributed by atoms with E-state index in [-0.39, 0.29) is 13.3 Å². The molecule has 0 saturated carbocycles. The number of ether oxygens (including phenoxy) is 1. The standard InChI is InChI=1S/C12H13F9O2/c1-4-5-23-8(22)6(2)9(14,15)11(18,19)12(20,21)10(16,17)7(3)13/h7H,2,4-5H2,1,3H3. The van der Waals surface area contributed by atoms with E-state index < -0.39 is 48.0 Å². The predicted molar refractivity (Wildman–Crippen MR) is 60.7 cm³/mol. The van der Waals surface area contributed by atoms with Crippen molar-refractivity contribution in [3.63, 3.8) is 0 Å². The van der Waals surface area contributed by atoms with E-state index >= 15 is 0 Å². The molecule has 0 aromatic heterocycles. The molecule has 1 atom stereocenters. The molecule has 23 heavy (non-hydrogen) atoms. The number of carbonyl (C=O) groups is 1. The Morgan fingerprint density at radius 1 is 1.04 bits per heavy atom. The summed E-state index contributed by atoms with van der Waals surface area (Å²) in [5, 5.41) is 0. The van der Waals surface area contributed by atoms with Gasteiger partial charge in [0.05, 0.1) is 6.61 Å². The van der Waals surface area contributed by atoms with Crippen LogP contribution in [0.25, 0.3) is 0 Å². The van der Waals surface area contributed by atoms with E-state index in [2.05, 4.69) is 11.3 Å². The van der Waals surface area contributed by atoms with Gasteiger partial charge in [-0.1, -0.05) is 13.5 Å². The molecular weight excluding hydrogens is 347 g/mol. The Kier molecular flexibility index (Phi) is 6.19. The summed E-state index contributed by atoms with van der Waals surface area (Å²) in [6.45, 7) is 2.89. The molecule has 0 aliphatic rings. The van der Waals surface area contributed by atoms with Crippen molar-refractivity contribution in [3.8, 4) is 0 Å². The van der Waals surface area contributed by atoms with Gasteiger partial charge in [0.25, 0.3) is 0 Å². The summed E-state index contributed by atoms with van der Waals surface area (Å²) in [5.41, 5.74) is -2.45. The lowest BCUT2D eigenvalue weighted by Gasteiger charge is -2.37. The average molecular weight is 360 g/mol. The average Bonchev–Trinajstić information content (AvgIpc) is 2.42. The van der Waals surface area contributed by atoms with Gasteiger partial charge < -0.3 is 4.74 Å². The molecule has 0 aliphatic heterocycles. The zero-order valence-electron chi connectivity index (χ0n) is 11.9. The third kappa shape index (κ3) is 3.42. The number of esters is 1. The Hall–Kier alpha value is -1.42. The highest BCUT2D eigenvalue weighted by Gasteiger charge is 2.82. The van der Waals surface area contributed by atoms with Crippen LogP contribution in [0.3, 0.4) is 0 Å². The van der Waals surface area contributed by atoms with Gasteiger partial charge in [-0.2, -0.15) is 35.1 Å². The van der Waals surface area contributed by atoms with Gasteiger partial charge in [0.15, 0.2) is 6.17 Å². The van der Waals surface area contributed by atoms with Gasteiger partial charge in [0.2, 0.25) is 0 Å². The van der Waals surface area contributed by atoms with E-state index in [0.717, 1.165) is 0 Å². The second kappa shape index (κ2) is 6.60. The molecule has 0 rings (SSSR count). The molecule has 0 spiro atoms. The van der Waals surface area contributed by atoms with E-state index in [1.807, 2.05) is 0 Å². The highest BCUT2D eigenvalue weighted by Crippen LogP contribution is 2.55. The fraction of sp³-hybridized carbons (Fsp3) is 0.750. The zero-order valence-corrected chi connectivity index (χ0v) is 11.9. The van der Waals surface area contributed by atoms with Crippen LogP contribution in [0.5, 0.6) is 0 Å². The SMILES string of the molecule is C=C(C(=O)OCCC)C(F)(F)C(F)(F)C(F)(F)C(F)(F)C(C)F. The molecule has 0 fully saturated rings. The van der Waals surface area contributed by atoms with Gasteiger partial charge in [-0.15, -0.1) is 0 Å². The zero-order chi connectivity index (χ0) is 18.9. The van der Waals surface area contributed by atoms with E-state index in [1.54, 1.807) is 0 Å². The van der Waals surface area contributed by atoms with Crippen molar-refractivity contribution in [2.75, 3.05) is 6.61 Å². The summed E-state index contributed by atoms with van der Waals surface area (Å²) in [4.78, 5) is 11.1. The molecule has 1 unspecified atom stereocenters. The molecular formula is C12H13F9O2. The molecule has 0 radical (unpaired) electrons. The van der Waals surface area contributed by atoms with Gasteiger partial charge in [-0.3, -0.25) is 0 Å². The lowest BCUT2D eigenvalue weighted by atomic mass is 9.92. The minimum absolute atomic E-state index is 0.0780. The molecule has 136 valence electrons. The molecule has 0 saturated heterocycles. The molecule has 0 heterocycles. The minimum atomic E-state index is -6.80. The molecule has 11 heteroatoms. The van der Waals surface area contributed by atoms with E-state index in [9.17, 15) is 44.3 Å². The van der Waals surface area contributed by atoms with Crippen molar-refractivity contribution < 1.29 is 49.0 Å². The number of hydrogen-bond acceptors (Lipinski definition) is 2. The summed E-state index contributed by atoms with van der Waals surface area (Å²) < 4.78 is 122. The van der Waals surface area contributed by atoms with Crippen LogP contribution in [0.4, 0.5) is 39.5 Å². The molecule has 0 aromatic rings. The van der Waals surface area contributed by atoms with Crippen molar-refractivity contribution in [1.29, 1.82) is 0 Å². The molecule has 0 N–H and O–H groups in total. The quantitative estimate of drug-likeness (QED) is 0.365. The second-order valence-corrected chi connectivity index (χ2v) is 4.58. The Morgan fingerprint density at radius 3 is 1.83 bits per heavy atom. The first-order valence-corrected chi connectivity index (χ1v) is 6.10. The van der Waals surface area contributed by atoms with Crippen LogP contribution in [-0.4, -0.2) is 42.4 Å². The molecule has 0 aliphatic carbocycles. The second-order valence-electron chi connectivity index (χ2n) is 4.58. The van der Waals surface area contributed by atoms with Gasteiger partial charge in [0.1, 0.15) is 5.57 Å². The maximum absolute atomic E-state index is 13.5. The van der Waals surface area contributed by atoms with Crippen LogP contribution in [0.15, 0.2) is 12.2 Å². The molecule has 0 amide bonds. The van der Waals surface area contributed by atoms with E-state index in [1.165, 1.54) is 6.92 Å². The maximum Gasteiger partial charge on any atom is 0.382 e. The van der Waals surface area contributed by atoms with Crippen molar-refractivity contribution in [2.24, 2.45) is 0 Å². The molecule has 0 bridgehead atoms. The minimum Gasteiger partial charge on any atom is -0.462 e. The van der Waals surface area contributed by atoms with Crippen molar-refractivity contribution in [3.05, 3.63) is 12.2 Å². The fourth-order valence-corrected chi connectivity index (χ4v) is 1.26. The number of halogens is 9. The predicted octanol–water partition coefficient (Wildman–Crippen LogP) is 4.40. The van der Waals surface area contributed by atoms with Gasteiger partial charge >= 0.3 is 29.7 Å². The smallest absolute Gasteiger partial charge is 0.382 e. The third-order valence-corrected chi connectivity index (χ3v) is 2.77. The normalized spacial score (nSPS) is 15.3. The van der Waals surface area contributed by atoms with Crippen LogP contribution < -0.4 is 0 Å². The van der Waals surface area contributed by atoms with Crippen molar-refractivity contribution >= 4 is 5.97 Å². The monoisotopic (exact) mass is 360 g/mol. The number of alkyl halides is 9. The van der Waals surface area contributed by atoms with Crippen molar-refractivity contribution in [1.82, 2.24) is 0 Å². The Morgan fingerprint density at radius 2 is 1.48 bits per heavy atom. The highest BCUT2D eigenvalue weighted by molar-refractivity contribution is 5.89. The number of rotatable bonds is 8. The lowest BCUT2D eigenvalue weighted by Crippen LogP contribution is -2.65. The van der Waals surface area contributed by atoms with E-state index in [0.29, 0.717) is 0 Å². The molecule has 0 aromatic carbocycles. The van der Waals surface area contributed by atoms with Gasteiger partial charge in [0, 0.05) is 0 Å². The van der Waals surface area contributed by atoms with Gasteiger partial charge in [-0.25, -0.2) is 9.18 Å². The lowest BCUT2D eigenvalue weighted by molar-refractivity contribution is -0.366. The van der Waals surface area contributed by atoms with Gasteiger partial charge in [-0.05, 0) is 13.3 Å². The number of hydrogen-bond donors (Lipinski definition) is 0. The third-order valence-electron chi connectivity index (χ3n) is 2.77. The van der Waals surface area contributed by atoms with Crippen LogP contribution in [-0.2, 0) is 9.53 Å². The van der Waals surface area contributed by atoms with Crippen LogP contribution >= 0.6 is 0 Å². The van der Waals surface area contributed by atoms with Crippen LogP contribution in [0.2, 0.25) is 0 Å². The van der Waals surface area contributed by atoms with E-state index in [4.69, 9.17) is 0 Å². The largest absolute Gasteiger partial charge is 0.462 e. The van der Waals surface area contributed by atoms with Crippen LogP contribution in [0, 0.1) is 0 Å². The number of carbonyl (C=O) groups excluding carboxylic acids is 1. The topological polar surface area (TPSA) is 26.3 Å². The van der Waals surface area contributed by atoms with Crippen LogP contribution in [0.1, 0.15) is 20.3 Å². The first kappa shape index (κ1) is 21.6.